The van der Waals surface area contributed by atoms with Gasteiger partial charge in [0.2, 0.25) is 0 Å². The number of benzene rings is 1. The Kier molecular flexibility index (Phi) is 6.63. The first-order valence-corrected chi connectivity index (χ1v) is 9.71. The lowest BCUT2D eigenvalue weighted by molar-refractivity contribution is 0.345. The topological polar surface area (TPSA) is 12.0 Å². The SMILES string of the molecule is CSC1(CNC(CC(C)C)c2ccccc2)CCCCC1. The largest absolute Gasteiger partial charge is 0.309 e. The third-order valence-corrected chi connectivity index (χ3v) is 6.20. The summed E-state index contributed by atoms with van der Waals surface area (Å²) in [6.07, 6.45) is 10.5. The molecule has 1 saturated carbocycles. The standard InChI is InChI=1S/C19H31NS/c1-16(2)14-18(17-10-6-4-7-11-17)20-15-19(21-3)12-8-5-9-13-19/h4,6-7,10-11,16,18,20H,5,8-9,12-15H2,1-3H3. The maximum atomic E-state index is 3.91. The summed E-state index contributed by atoms with van der Waals surface area (Å²) in [5.41, 5.74) is 1.44. The minimum Gasteiger partial charge on any atom is -0.309 e. The van der Waals surface area contributed by atoms with Gasteiger partial charge in [-0.05, 0) is 37.0 Å². The fourth-order valence-electron chi connectivity index (χ4n) is 3.45. The molecular formula is C19H31NS. The first-order valence-electron chi connectivity index (χ1n) is 8.49. The maximum absolute atomic E-state index is 3.91. The fraction of sp³-hybridized carbons (Fsp3) is 0.684. The van der Waals surface area contributed by atoms with Crippen LogP contribution in [0.3, 0.4) is 0 Å². The van der Waals surface area contributed by atoms with Crippen LogP contribution in [-0.2, 0) is 0 Å². The summed E-state index contributed by atoms with van der Waals surface area (Å²) in [5, 5.41) is 3.91. The predicted octanol–water partition coefficient (Wildman–Crippen LogP) is 5.43. The average molecular weight is 306 g/mol. The lowest BCUT2D eigenvalue weighted by Crippen LogP contribution is -2.41. The van der Waals surface area contributed by atoms with E-state index in [0.717, 1.165) is 12.5 Å². The highest BCUT2D eigenvalue weighted by molar-refractivity contribution is 8.00. The average Bonchev–Trinajstić information content (AvgIpc) is 2.53. The van der Waals surface area contributed by atoms with Crippen molar-refractivity contribution in [3.05, 3.63) is 35.9 Å². The van der Waals surface area contributed by atoms with Gasteiger partial charge in [0.1, 0.15) is 0 Å². The van der Waals surface area contributed by atoms with Crippen LogP contribution in [-0.4, -0.2) is 17.5 Å². The van der Waals surface area contributed by atoms with E-state index in [1.807, 2.05) is 0 Å². The van der Waals surface area contributed by atoms with Gasteiger partial charge in [0.05, 0.1) is 0 Å². The van der Waals surface area contributed by atoms with Crippen molar-refractivity contribution >= 4 is 11.8 Å². The van der Waals surface area contributed by atoms with Crippen LogP contribution in [0.2, 0.25) is 0 Å². The molecule has 1 atom stereocenters. The third kappa shape index (κ3) is 5.03. The second kappa shape index (κ2) is 8.24. The minimum absolute atomic E-state index is 0.474. The lowest BCUT2D eigenvalue weighted by atomic mass is 9.87. The van der Waals surface area contributed by atoms with Crippen LogP contribution in [0, 0.1) is 5.92 Å². The zero-order chi connectivity index (χ0) is 15.1. The monoisotopic (exact) mass is 305 g/mol. The molecule has 1 aromatic carbocycles. The Bertz CT molecular complexity index is 395. The van der Waals surface area contributed by atoms with Crippen LogP contribution < -0.4 is 5.32 Å². The van der Waals surface area contributed by atoms with Crippen molar-refractivity contribution in [2.75, 3.05) is 12.8 Å². The van der Waals surface area contributed by atoms with E-state index < -0.39 is 0 Å². The van der Waals surface area contributed by atoms with Crippen molar-refractivity contribution in [1.82, 2.24) is 5.32 Å². The van der Waals surface area contributed by atoms with Gasteiger partial charge < -0.3 is 5.32 Å². The van der Waals surface area contributed by atoms with Gasteiger partial charge in [-0.25, -0.2) is 0 Å². The Morgan fingerprint density at radius 1 is 1.10 bits per heavy atom. The molecule has 0 bridgehead atoms. The highest BCUT2D eigenvalue weighted by Crippen LogP contribution is 2.38. The smallest absolute Gasteiger partial charge is 0.0323 e. The van der Waals surface area contributed by atoms with Crippen LogP contribution in [0.1, 0.15) is 64.0 Å². The zero-order valence-electron chi connectivity index (χ0n) is 13.9. The minimum atomic E-state index is 0.474. The van der Waals surface area contributed by atoms with Gasteiger partial charge in [0.25, 0.3) is 0 Å². The summed E-state index contributed by atoms with van der Waals surface area (Å²) in [6, 6.07) is 11.5. The summed E-state index contributed by atoms with van der Waals surface area (Å²) in [6.45, 7) is 5.80. The lowest BCUT2D eigenvalue weighted by Gasteiger charge is -2.37. The van der Waals surface area contributed by atoms with Crippen LogP contribution in [0.25, 0.3) is 0 Å². The van der Waals surface area contributed by atoms with Gasteiger partial charge in [0.15, 0.2) is 0 Å². The van der Waals surface area contributed by atoms with Gasteiger partial charge in [0, 0.05) is 17.3 Å². The van der Waals surface area contributed by atoms with E-state index in [-0.39, 0.29) is 0 Å². The molecule has 0 saturated heterocycles. The molecule has 0 heterocycles. The first-order chi connectivity index (χ1) is 10.2. The molecule has 0 spiro atoms. The molecule has 0 aliphatic heterocycles. The van der Waals surface area contributed by atoms with Crippen LogP contribution in [0.15, 0.2) is 30.3 Å². The van der Waals surface area contributed by atoms with E-state index in [9.17, 15) is 0 Å². The highest BCUT2D eigenvalue weighted by atomic mass is 32.2. The van der Waals surface area contributed by atoms with E-state index in [1.165, 1.54) is 44.1 Å². The molecule has 1 N–H and O–H groups in total. The molecule has 2 heteroatoms. The summed E-state index contributed by atoms with van der Waals surface area (Å²) in [5.74, 6) is 0.722. The van der Waals surface area contributed by atoms with Crippen LogP contribution >= 0.6 is 11.8 Å². The summed E-state index contributed by atoms with van der Waals surface area (Å²) in [7, 11) is 0. The van der Waals surface area contributed by atoms with E-state index in [1.54, 1.807) is 0 Å². The Morgan fingerprint density at radius 3 is 2.33 bits per heavy atom. The van der Waals surface area contributed by atoms with Crippen molar-refractivity contribution in [3.63, 3.8) is 0 Å². The maximum Gasteiger partial charge on any atom is 0.0323 e. The molecule has 21 heavy (non-hydrogen) atoms. The van der Waals surface area contributed by atoms with E-state index in [2.05, 4.69) is 67.5 Å². The van der Waals surface area contributed by atoms with E-state index in [0.29, 0.717) is 10.8 Å². The molecule has 0 aromatic heterocycles. The van der Waals surface area contributed by atoms with Crippen LogP contribution in [0.4, 0.5) is 0 Å². The zero-order valence-corrected chi connectivity index (χ0v) is 14.7. The highest BCUT2D eigenvalue weighted by Gasteiger charge is 2.31. The molecule has 1 aromatic rings. The molecule has 1 aliphatic carbocycles. The Balaban J connectivity index is 2.01. The number of thioether (sulfide) groups is 1. The van der Waals surface area contributed by atoms with Gasteiger partial charge >= 0.3 is 0 Å². The Labute approximate surface area is 135 Å². The molecule has 0 radical (unpaired) electrons. The molecule has 1 aliphatic rings. The molecule has 2 rings (SSSR count). The fourth-order valence-corrected chi connectivity index (χ4v) is 4.38. The Morgan fingerprint density at radius 2 is 1.76 bits per heavy atom. The van der Waals surface area contributed by atoms with E-state index >= 15 is 0 Å². The molecule has 118 valence electrons. The van der Waals surface area contributed by atoms with Gasteiger partial charge in [-0.3, -0.25) is 0 Å². The number of rotatable bonds is 7. The second-order valence-electron chi connectivity index (χ2n) is 6.92. The molecule has 1 unspecified atom stereocenters. The molecule has 0 amide bonds. The summed E-state index contributed by atoms with van der Waals surface area (Å²) >= 11 is 2.09. The first kappa shape index (κ1) is 16.9. The van der Waals surface area contributed by atoms with Crippen molar-refractivity contribution in [3.8, 4) is 0 Å². The molecular weight excluding hydrogens is 274 g/mol. The number of hydrogen-bond donors (Lipinski definition) is 1. The van der Waals surface area contributed by atoms with Crippen molar-refractivity contribution in [2.45, 2.75) is 63.2 Å². The quantitative estimate of drug-likeness (QED) is 0.721. The predicted molar refractivity (Wildman–Crippen MR) is 96.0 cm³/mol. The molecule has 1 fully saturated rings. The van der Waals surface area contributed by atoms with Crippen LogP contribution in [0.5, 0.6) is 0 Å². The second-order valence-corrected chi connectivity index (χ2v) is 8.20. The molecule has 1 nitrogen and oxygen atoms in total. The summed E-state index contributed by atoms with van der Waals surface area (Å²) in [4.78, 5) is 0. The van der Waals surface area contributed by atoms with Gasteiger partial charge in [-0.15, -0.1) is 0 Å². The normalized spacial score (nSPS) is 19.6. The van der Waals surface area contributed by atoms with E-state index in [4.69, 9.17) is 0 Å². The number of hydrogen-bond acceptors (Lipinski definition) is 2. The number of nitrogens with one attached hydrogen (secondary N) is 1. The van der Waals surface area contributed by atoms with Gasteiger partial charge in [-0.1, -0.05) is 63.4 Å². The third-order valence-electron chi connectivity index (χ3n) is 4.78. The van der Waals surface area contributed by atoms with Gasteiger partial charge in [-0.2, -0.15) is 11.8 Å². The summed E-state index contributed by atoms with van der Waals surface area (Å²) < 4.78 is 0.474. The van der Waals surface area contributed by atoms with Crippen molar-refractivity contribution < 1.29 is 0 Å². The van der Waals surface area contributed by atoms with Crippen molar-refractivity contribution in [1.29, 1.82) is 0 Å². The van der Waals surface area contributed by atoms with Crippen molar-refractivity contribution in [2.24, 2.45) is 5.92 Å². The Hall–Kier alpha value is -0.470.